The van der Waals surface area contributed by atoms with Crippen molar-refractivity contribution in [1.29, 1.82) is 0 Å². The second kappa shape index (κ2) is 6.14. The van der Waals surface area contributed by atoms with Crippen LogP contribution in [-0.2, 0) is 0 Å². The van der Waals surface area contributed by atoms with Gasteiger partial charge in [-0.1, -0.05) is 19.9 Å². The third kappa shape index (κ3) is 3.06. The van der Waals surface area contributed by atoms with E-state index >= 15 is 0 Å². The van der Waals surface area contributed by atoms with E-state index in [1.165, 1.54) is 18.2 Å². The minimum absolute atomic E-state index is 0.112. The zero-order valence-corrected chi connectivity index (χ0v) is 10.9. The lowest BCUT2D eigenvalue weighted by molar-refractivity contribution is 0.0689. The summed E-state index contributed by atoms with van der Waals surface area (Å²) in [4.78, 5) is 28.4. The quantitative estimate of drug-likeness (QED) is 0.868. The number of hydrogen-bond donors (Lipinski definition) is 1. The summed E-state index contributed by atoms with van der Waals surface area (Å²) >= 11 is 0. The summed E-state index contributed by atoms with van der Waals surface area (Å²) in [6, 6.07) is 4.58. The van der Waals surface area contributed by atoms with Gasteiger partial charge in [-0.15, -0.1) is 0 Å². The fraction of sp³-hybridized carbons (Fsp3) is 0.462. The topological polar surface area (TPSA) is 70.5 Å². The highest BCUT2D eigenvalue weighted by Gasteiger charge is 2.20. The molecule has 0 bridgehead atoms. The molecule has 0 radical (unpaired) electrons. The van der Waals surface area contributed by atoms with E-state index in [4.69, 9.17) is 5.11 Å². The molecule has 1 rings (SSSR count). The standard InChI is InChI=1S/C13H18N2O3/c1-4-9(5-2)15(3)12(16)10-7-6-8-11(14-10)13(17)18/h6-9H,4-5H2,1-3H3,(H,17,18). The fourth-order valence-corrected chi connectivity index (χ4v) is 1.86. The number of carbonyl (C=O) groups excluding carboxylic acids is 1. The predicted molar refractivity (Wildman–Crippen MR) is 67.7 cm³/mol. The van der Waals surface area contributed by atoms with Crippen LogP contribution >= 0.6 is 0 Å². The van der Waals surface area contributed by atoms with Gasteiger partial charge in [-0.2, -0.15) is 0 Å². The molecule has 0 saturated heterocycles. The molecular weight excluding hydrogens is 232 g/mol. The molecule has 1 N–H and O–H groups in total. The molecule has 1 heterocycles. The van der Waals surface area contributed by atoms with Crippen molar-refractivity contribution in [2.45, 2.75) is 32.7 Å². The Labute approximate surface area is 106 Å². The number of rotatable bonds is 5. The number of carboxylic acid groups (broad SMARTS) is 1. The molecule has 1 amide bonds. The zero-order valence-electron chi connectivity index (χ0n) is 10.9. The molecule has 0 fully saturated rings. The SMILES string of the molecule is CCC(CC)N(C)C(=O)c1cccc(C(=O)O)n1. The van der Waals surface area contributed by atoms with Crippen LogP contribution in [-0.4, -0.2) is 40.0 Å². The molecule has 0 unspecified atom stereocenters. The first-order valence-corrected chi connectivity index (χ1v) is 5.98. The highest BCUT2D eigenvalue weighted by Crippen LogP contribution is 2.10. The predicted octanol–water partition coefficient (Wildman–Crippen LogP) is 2.04. The summed E-state index contributed by atoms with van der Waals surface area (Å²) in [6.07, 6.45) is 1.72. The van der Waals surface area contributed by atoms with Crippen molar-refractivity contribution >= 4 is 11.9 Å². The van der Waals surface area contributed by atoms with Crippen molar-refractivity contribution in [2.75, 3.05) is 7.05 Å². The molecule has 0 aliphatic rings. The Morgan fingerprint density at radius 2 is 1.83 bits per heavy atom. The van der Waals surface area contributed by atoms with Crippen molar-refractivity contribution in [1.82, 2.24) is 9.88 Å². The second-order valence-corrected chi connectivity index (χ2v) is 4.10. The van der Waals surface area contributed by atoms with Crippen LogP contribution in [0.3, 0.4) is 0 Å². The number of hydrogen-bond acceptors (Lipinski definition) is 3. The van der Waals surface area contributed by atoms with Crippen molar-refractivity contribution in [3.63, 3.8) is 0 Å². The second-order valence-electron chi connectivity index (χ2n) is 4.10. The van der Waals surface area contributed by atoms with Gasteiger partial charge in [0, 0.05) is 13.1 Å². The van der Waals surface area contributed by atoms with E-state index in [0.717, 1.165) is 12.8 Å². The molecule has 0 saturated carbocycles. The lowest BCUT2D eigenvalue weighted by Gasteiger charge is -2.25. The highest BCUT2D eigenvalue weighted by atomic mass is 16.4. The van der Waals surface area contributed by atoms with Gasteiger partial charge in [0.2, 0.25) is 0 Å². The van der Waals surface area contributed by atoms with Gasteiger partial charge in [0.1, 0.15) is 11.4 Å². The molecule has 5 nitrogen and oxygen atoms in total. The van der Waals surface area contributed by atoms with Gasteiger partial charge in [0.05, 0.1) is 0 Å². The van der Waals surface area contributed by atoms with Gasteiger partial charge in [0.25, 0.3) is 5.91 Å². The van der Waals surface area contributed by atoms with E-state index in [0.29, 0.717) is 0 Å². The van der Waals surface area contributed by atoms with Gasteiger partial charge >= 0.3 is 5.97 Å². The largest absolute Gasteiger partial charge is 0.477 e. The van der Waals surface area contributed by atoms with Crippen LogP contribution in [0.2, 0.25) is 0 Å². The molecule has 0 aliphatic heterocycles. The summed E-state index contributed by atoms with van der Waals surface area (Å²) in [6.45, 7) is 4.03. The smallest absolute Gasteiger partial charge is 0.354 e. The molecule has 5 heteroatoms. The number of nitrogens with zero attached hydrogens (tertiary/aromatic N) is 2. The Balaban J connectivity index is 2.96. The van der Waals surface area contributed by atoms with Crippen molar-refractivity contribution in [3.8, 4) is 0 Å². The van der Waals surface area contributed by atoms with E-state index in [1.807, 2.05) is 13.8 Å². The maximum Gasteiger partial charge on any atom is 0.354 e. The molecule has 98 valence electrons. The molecule has 0 aliphatic carbocycles. The minimum atomic E-state index is -1.13. The summed E-state index contributed by atoms with van der Waals surface area (Å²) in [5.41, 5.74) is 0.0584. The molecule has 18 heavy (non-hydrogen) atoms. The number of amides is 1. The van der Waals surface area contributed by atoms with Gasteiger partial charge in [0.15, 0.2) is 0 Å². The van der Waals surface area contributed by atoms with Crippen LogP contribution in [0.25, 0.3) is 0 Å². The highest BCUT2D eigenvalue weighted by molar-refractivity contribution is 5.94. The normalized spacial score (nSPS) is 10.4. The number of carboxylic acids is 1. The number of aromatic nitrogens is 1. The maximum absolute atomic E-state index is 12.1. The van der Waals surface area contributed by atoms with E-state index in [1.54, 1.807) is 11.9 Å². The summed E-state index contributed by atoms with van der Waals surface area (Å²) < 4.78 is 0. The van der Waals surface area contributed by atoms with Gasteiger partial charge in [-0.25, -0.2) is 9.78 Å². The first-order valence-electron chi connectivity index (χ1n) is 5.98. The Morgan fingerprint density at radius 1 is 1.28 bits per heavy atom. The molecule has 1 aromatic heterocycles. The number of aromatic carboxylic acids is 1. The average molecular weight is 250 g/mol. The third-order valence-corrected chi connectivity index (χ3v) is 3.00. The molecule has 0 spiro atoms. The minimum Gasteiger partial charge on any atom is -0.477 e. The van der Waals surface area contributed by atoms with E-state index in [2.05, 4.69) is 4.98 Å². The van der Waals surface area contributed by atoms with Crippen LogP contribution in [0.4, 0.5) is 0 Å². The lowest BCUT2D eigenvalue weighted by Crippen LogP contribution is -2.36. The van der Waals surface area contributed by atoms with Crippen molar-refractivity contribution in [3.05, 3.63) is 29.6 Å². The summed E-state index contributed by atoms with van der Waals surface area (Å²) in [7, 11) is 1.72. The van der Waals surface area contributed by atoms with Crippen LogP contribution in [0.1, 0.15) is 47.7 Å². The van der Waals surface area contributed by atoms with Crippen molar-refractivity contribution in [2.24, 2.45) is 0 Å². The molecular formula is C13H18N2O3. The van der Waals surface area contributed by atoms with Crippen molar-refractivity contribution < 1.29 is 14.7 Å². The average Bonchev–Trinajstić information content (AvgIpc) is 2.39. The Hall–Kier alpha value is -1.91. The maximum atomic E-state index is 12.1. The Bertz CT molecular complexity index is 442. The number of pyridine rings is 1. The molecule has 0 aromatic carbocycles. The third-order valence-electron chi connectivity index (χ3n) is 3.00. The van der Waals surface area contributed by atoms with E-state index in [-0.39, 0.29) is 23.3 Å². The Kier molecular flexibility index (Phi) is 4.83. The fourth-order valence-electron chi connectivity index (χ4n) is 1.86. The Morgan fingerprint density at radius 3 is 2.33 bits per heavy atom. The number of carbonyl (C=O) groups is 2. The van der Waals surface area contributed by atoms with Crippen LogP contribution in [0, 0.1) is 0 Å². The summed E-state index contributed by atoms with van der Waals surface area (Å²) in [5, 5.41) is 8.84. The zero-order chi connectivity index (χ0) is 13.7. The van der Waals surface area contributed by atoms with Gasteiger partial charge in [-0.05, 0) is 25.0 Å². The van der Waals surface area contributed by atoms with Crippen LogP contribution in [0.15, 0.2) is 18.2 Å². The van der Waals surface area contributed by atoms with E-state index in [9.17, 15) is 9.59 Å². The summed E-state index contributed by atoms with van der Waals surface area (Å²) in [5.74, 6) is -1.37. The van der Waals surface area contributed by atoms with Gasteiger partial charge < -0.3 is 10.0 Å². The van der Waals surface area contributed by atoms with Crippen LogP contribution < -0.4 is 0 Å². The first kappa shape index (κ1) is 14.2. The monoisotopic (exact) mass is 250 g/mol. The molecule has 0 atom stereocenters. The van der Waals surface area contributed by atoms with Gasteiger partial charge in [-0.3, -0.25) is 4.79 Å². The van der Waals surface area contributed by atoms with Crippen LogP contribution in [0.5, 0.6) is 0 Å². The van der Waals surface area contributed by atoms with E-state index < -0.39 is 5.97 Å². The first-order chi connectivity index (χ1) is 8.51. The molecule has 1 aromatic rings. The lowest BCUT2D eigenvalue weighted by atomic mass is 10.1.